The highest BCUT2D eigenvalue weighted by atomic mass is 16.5. The van der Waals surface area contributed by atoms with Crippen LogP contribution in [0.5, 0.6) is 0 Å². The average Bonchev–Trinajstić information content (AvgIpc) is 3.20. The second-order valence-corrected chi connectivity index (χ2v) is 4.79. The zero-order valence-corrected chi connectivity index (χ0v) is 10.8. The molecule has 0 radical (unpaired) electrons. The van der Waals surface area contributed by atoms with E-state index in [9.17, 15) is 9.59 Å². The zero-order valence-electron chi connectivity index (χ0n) is 10.8. The number of carbonyl (C=O) groups excluding carboxylic acids is 1. The molecule has 0 bridgehead atoms. The molecular weight excluding hydrogens is 246 g/mol. The number of anilines is 1. The minimum atomic E-state index is -0.987. The summed E-state index contributed by atoms with van der Waals surface area (Å²) in [6.07, 6.45) is 1.87. The van der Waals surface area contributed by atoms with E-state index < -0.39 is 12.1 Å². The number of ether oxygens (including phenoxy) is 1. The van der Waals surface area contributed by atoms with E-state index in [4.69, 9.17) is 9.84 Å². The summed E-state index contributed by atoms with van der Waals surface area (Å²) in [5.41, 5.74) is 0.757. The molecular formula is C14H17NO4. The molecule has 1 aromatic carbocycles. The number of carbonyl (C=O) groups is 2. The Morgan fingerprint density at radius 2 is 2.00 bits per heavy atom. The summed E-state index contributed by atoms with van der Waals surface area (Å²) in [6.45, 7) is 2.34. The molecule has 0 aromatic heterocycles. The standard InChI is InChI=1S/C14H17NO4/c1-9(19-8-10-2-3-10)13(16)15-12-6-4-11(5-7-12)14(17)18/h4-7,9-10H,2-3,8H2,1H3,(H,15,16)(H,17,18). The van der Waals surface area contributed by atoms with E-state index in [1.54, 1.807) is 19.1 Å². The van der Waals surface area contributed by atoms with Crippen molar-refractivity contribution in [3.63, 3.8) is 0 Å². The summed E-state index contributed by atoms with van der Waals surface area (Å²) >= 11 is 0. The highest BCUT2D eigenvalue weighted by Crippen LogP contribution is 2.29. The Morgan fingerprint density at radius 3 is 2.53 bits per heavy atom. The average molecular weight is 263 g/mol. The van der Waals surface area contributed by atoms with Gasteiger partial charge in [-0.3, -0.25) is 4.79 Å². The third-order valence-electron chi connectivity index (χ3n) is 3.05. The zero-order chi connectivity index (χ0) is 13.8. The second-order valence-electron chi connectivity index (χ2n) is 4.79. The first-order valence-electron chi connectivity index (χ1n) is 6.32. The number of carboxylic acids is 1. The lowest BCUT2D eigenvalue weighted by Crippen LogP contribution is -2.28. The molecule has 1 saturated carbocycles. The highest BCUT2D eigenvalue weighted by molar-refractivity contribution is 5.94. The number of aromatic carboxylic acids is 1. The normalized spacial score (nSPS) is 15.8. The van der Waals surface area contributed by atoms with E-state index in [-0.39, 0.29) is 11.5 Å². The molecule has 2 N–H and O–H groups in total. The van der Waals surface area contributed by atoms with Crippen molar-refractivity contribution in [1.82, 2.24) is 0 Å². The van der Waals surface area contributed by atoms with E-state index in [2.05, 4.69) is 5.32 Å². The first kappa shape index (κ1) is 13.5. The largest absolute Gasteiger partial charge is 0.478 e. The number of carboxylic acid groups (broad SMARTS) is 1. The minimum Gasteiger partial charge on any atom is -0.478 e. The lowest BCUT2D eigenvalue weighted by atomic mass is 10.2. The summed E-state index contributed by atoms with van der Waals surface area (Å²) in [5.74, 6) is -0.590. The van der Waals surface area contributed by atoms with Crippen molar-refractivity contribution in [2.24, 2.45) is 5.92 Å². The molecule has 1 aliphatic carbocycles. The van der Waals surface area contributed by atoms with Crippen LogP contribution in [0.1, 0.15) is 30.1 Å². The minimum absolute atomic E-state index is 0.191. The predicted molar refractivity (Wildman–Crippen MR) is 70.2 cm³/mol. The fraction of sp³-hybridized carbons (Fsp3) is 0.429. The summed E-state index contributed by atoms with van der Waals surface area (Å²) < 4.78 is 5.46. The number of rotatable bonds is 6. The molecule has 1 aromatic rings. The maximum absolute atomic E-state index is 11.8. The summed E-state index contributed by atoms with van der Waals surface area (Å²) in [4.78, 5) is 22.5. The molecule has 1 unspecified atom stereocenters. The maximum Gasteiger partial charge on any atom is 0.335 e. The van der Waals surface area contributed by atoms with Crippen molar-refractivity contribution in [3.05, 3.63) is 29.8 Å². The molecule has 5 heteroatoms. The lowest BCUT2D eigenvalue weighted by Gasteiger charge is -2.13. The molecule has 0 heterocycles. The Morgan fingerprint density at radius 1 is 1.37 bits per heavy atom. The Balaban J connectivity index is 1.84. The van der Waals surface area contributed by atoms with Gasteiger partial charge in [-0.15, -0.1) is 0 Å². The molecule has 0 aliphatic heterocycles. The van der Waals surface area contributed by atoms with Crippen LogP contribution in [0, 0.1) is 5.92 Å². The first-order chi connectivity index (χ1) is 9.06. The molecule has 1 fully saturated rings. The van der Waals surface area contributed by atoms with E-state index in [0.29, 0.717) is 18.2 Å². The van der Waals surface area contributed by atoms with Gasteiger partial charge in [-0.05, 0) is 49.9 Å². The van der Waals surface area contributed by atoms with Gasteiger partial charge in [0, 0.05) is 5.69 Å². The van der Waals surface area contributed by atoms with Crippen molar-refractivity contribution in [2.75, 3.05) is 11.9 Å². The molecule has 5 nitrogen and oxygen atoms in total. The van der Waals surface area contributed by atoms with Crippen LogP contribution < -0.4 is 5.32 Å². The summed E-state index contributed by atoms with van der Waals surface area (Å²) in [6, 6.07) is 6.03. The number of nitrogens with one attached hydrogen (secondary N) is 1. The molecule has 102 valence electrons. The van der Waals surface area contributed by atoms with Crippen molar-refractivity contribution in [1.29, 1.82) is 0 Å². The maximum atomic E-state index is 11.8. The van der Waals surface area contributed by atoms with Crippen molar-refractivity contribution in [2.45, 2.75) is 25.9 Å². The van der Waals surface area contributed by atoms with E-state index in [1.807, 2.05) is 0 Å². The van der Waals surface area contributed by atoms with Crippen LogP contribution in [0.4, 0.5) is 5.69 Å². The van der Waals surface area contributed by atoms with E-state index >= 15 is 0 Å². The van der Waals surface area contributed by atoms with Crippen molar-refractivity contribution >= 4 is 17.6 Å². The predicted octanol–water partition coefficient (Wildman–Crippen LogP) is 2.14. The Hall–Kier alpha value is -1.88. The number of hydrogen-bond acceptors (Lipinski definition) is 3. The van der Waals surface area contributed by atoms with E-state index in [0.717, 1.165) is 0 Å². The van der Waals surface area contributed by atoms with Gasteiger partial charge < -0.3 is 15.2 Å². The third kappa shape index (κ3) is 4.06. The molecule has 1 atom stereocenters. The molecule has 0 spiro atoms. The third-order valence-corrected chi connectivity index (χ3v) is 3.05. The van der Waals surface area contributed by atoms with Gasteiger partial charge in [-0.1, -0.05) is 0 Å². The topological polar surface area (TPSA) is 75.6 Å². The molecule has 1 amide bonds. The van der Waals surface area contributed by atoms with Gasteiger partial charge in [-0.2, -0.15) is 0 Å². The molecule has 1 aliphatic rings. The van der Waals surface area contributed by atoms with Crippen LogP contribution in [0.25, 0.3) is 0 Å². The van der Waals surface area contributed by atoms with Gasteiger partial charge >= 0.3 is 5.97 Å². The molecule has 0 saturated heterocycles. The van der Waals surface area contributed by atoms with Gasteiger partial charge in [0.1, 0.15) is 6.10 Å². The number of benzene rings is 1. The summed E-state index contributed by atoms with van der Waals surface area (Å²) in [5, 5.41) is 11.5. The second kappa shape index (κ2) is 5.84. The monoisotopic (exact) mass is 263 g/mol. The lowest BCUT2D eigenvalue weighted by molar-refractivity contribution is -0.126. The van der Waals surface area contributed by atoms with Crippen LogP contribution >= 0.6 is 0 Å². The Bertz CT molecular complexity index is 465. The van der Waals surface area contributed by atoms with Crippen molar-refractivity contribution < 1.29 is 19.4 Å². The van der Waals surface area contributed by atoms with Crippen LogP contribution in [-0.4, -0.2) is 29.7 Å². The van der Waals surface area contributed by atoms with Crippen LogP contribution in [0.2, 0.25) is 0 Å². The van der Waals surface area contributed by atoms with Crippen LogP contribution in [0.3, 0.4) is 0 Å². The number of amides is 1. The van der Waals surface area contributed by atoms with Crippen LogP contribution in [0.15, 0.2) is 24.3 Å². The van der Waals surface area contributed by atoms with Gasteiger partial charge in [-0.25, -0.2) is 4.79 Å². The number of hydrogen-bond donors (Lipinski definition) is 2. The Labute approximate surface area is 111 Å². The van der Waals surface area contributed by atoms with Gasteiger partial charge in [0.15, 0.2) is 0 Å². The Kier molecular flexibility index (Phi) is 4.16. The molecule has 19 heavy (non-hydrogen) atoms. The molecule has 2 rings (SSSR count). The van der Waals surface area contributed by atoms with Crippen LogP contribution in [-0.2, 0) is 9.53 Å². The van der Waals surface area contributed by atoms with Gasteiger partial charge in [0.05, 0.1) is 12.2 Å². The fourth-order valence-corrected chi connectivity index (χ4v) is 1.58. The fourth-order valence-electron chi connectivity index (χ4n) is 1.58. The van der Waals surface area contributed by atoms with Gasteiger partial charge in [0.2, 0.25) is 0 Å². The summed E-state index contributed by atoms with van der Waals surface area (Å²) in [7, 11) is 0. The highest BCUT2D eigenvalue weighted by Gasteiger charge is 2.24. The van der Waals surface area contributed by atoms with Gasteiger partial charge in [0.25, 0.3) is 5.91 Å². The first-order valence-corrected chi connectivity index (χ1v) is 6.32. The quantitative estimate of drug-likeness (QED) is 0.824. The smallest absolute Gasteiger partial charge is 0.335 e. The van der Waals surface area contributed by atoms with E-state index in [1.165, 1.54) is 25.0 Å². The van der Waals surface area contributed by atoms with Crippen molar-refractivity contribution in [3.8, 4) is 0 Å². The SMILES string of the molecule is CC(OCC1CC1)C(=O)Nc1ccc(C(=O)O)cc1.